The van der Waals surface area contributed by atoms with E-state index < -0.39 is 16.8 Å². The Bertz CT molecular complexity index is 1740. The summed E-state index contributed by atoms with van der Waals surface area (Å²) in [6.45, 7) is 0. The van der Waals surface area contributed by atoms with Crippen LogP contribution in [0.3, 0.4) is 0 Å². The number of pyridine rings is 1. The Morgan fingerprint density at radius 1 is 0.941 bits per heavy atom. The summed E-state index contributed by atoms with van der Waals surface area (Å²) in [5, 5.41) is 8.25. The van der Waals surface area contributed by atoms with Crippen LogP contribution in [0.15, 0.2) is 73.2 Å². The molecule has 6 rings (SSSR count). The van der Waals surface area contributed by atoms with Crippen LogP contribution in [0.25, 0.3) is 44.5 Å². The molecule has 5 nitrogen and oxygen atoms in total. The molecule has 0 saturated heterocycles. The molecule has 0 bridgehead atoms. The number of halogens is 5. The van der Waals surface area contributed by atoms with Crippen molar-refractivity contribution in [3.63, 3.8) is 0 Å². The van der Waals surface area contributed by atoms with Crippen LogP contribution in [0.2, 0.25) is 5.02 Å². The van der Waals surface area contributed by atoms with E-state index >= 15 is 0 Å². The Hall–Kier alpha value is -3.98. The maximum Gasteiger partial charge on any atom is 0.417 e. The van der Waals surface area contributed by atoms with Crippen molar-refractivity contribution >= 4 is 39.3 Å². The Balaban J connectivity index is 1.72. The van der Waals surface area contributed by atoms with Gasteiger partial charge in [0.2, 0.25) is 5.78 Å². The number of alkyl halides is 3. The third-order valence-electron chi connectivity index (χ3n) is 5.73. The topological polar surface area (TPSA) is 48.0 Å². The first-order valence-corrected chi connectivity index (χ1v) is 10.5. The first kappa shape index (κ1) is 20.6. The number of benzene rings is 3. The molecule has 0 saturated carbocycles. The van der Waals surface area contributed by atoms with Crippen molar-refractivity contribution in [2.24, 2.45) is 0 Å². The number of fused-ring (bicyclic) bond motifs is 5. The molecule has 0 amide bonds. The van der Waals surface area contributed by atoms with Crippen molar-refractivity contribution in [3.05, 3.63) is 89.6 Å². The summed E-state index contributed by atoms with van der Waals surface area (Å²) in [7, 11) is 0. The zero-order valence-electron chi connectivity index (χ0n) is 17.1. The van der Waals surface area contributed by atoms with Crippen LogP contribution in [0.1, 0.15) is 5.56 Å². The van der Waals surface area contributed by atoms with Gasteiger partial charge in [-0.2, -0.15) is 13.2 Å². The quantitative estimate of drug-likeness (QED) is 0.259. The predicted molar refractivity (Wildman–Crippen MR) is 121 cm³/mol. The third kappa shape index (κ3) is 3.04. The Morgan fingerprint density at radius 3 is 2.56 bits per heavy atom. The zero-order valence-corrected chi connectivity index (χ0v) is 17.8. The van der Waals surface area contributed by atoms with E-state index in [4.69, 9.17) is 11.6 Å². The van der Waals surface area contributed by atoms with Gasteiger partial charge in [-0.05, 0) is 42.0 Å². The molecule has 0 aliphatic heterocycles. The van der Waals surface area contributed by atoms with Crippen LogP contribution in [0.4, 0.5) is 17.6 Å². The molecule has 10 heteroatoms. The number of hydrogen-bond acceptors (Lipinski definition) is 3. The second-order valence-electron chi connectivity index (χ2n) is 7.70. The van der Waals surface area contributed by atoms with Gasteiger partial charge in [-0.1, -0.05) is 35.9 Å². The Morgan fingerprint density at radius 2 is 1.76 bits per heavy atom. The Labute approximate surface area is 193 Å². The van der Waals surface area contributed by atoms with Crippen LogP contribution in [0.5, 0.6) is 0 Å². The number of aromatic nitrogens is 5. The number of hydrogen-bond donors (Lipinski definition) is 0. The largest absolute Gasteiger partial charge is 0.417 e. The molecule has 6 aromatic rings. The highest BCUT2D eigenvalue weighted by Gasteiger charge is 2.34. The molecule has 3 aromatic heterocycles. The average Bonchev–Trinajstić information content (AvgIpc) is 3.40. The zero-order chi connectivity index (χ0) is 23.6. The van der Waals surface area contributed by atoms with Gasteiger partial charge in [0.15, 0.2) is 0 Å². The SMILES string of the molecule is Fc1ccccc1-c1ccc2ncc3c(c2c1)n(-c1ccc(Cl)c(C(F)(F)F)c1)c1nncn31. The van der Waals surface area contributed by atoms with E-state index in [2.05, 4.69) is 15.2 Å². The molecule has 0 aliphatic carbocycles. The summed E-state index contributed by atoms with van der Waals surface area (Å²) in [5.41, 5.74) is 1.98. The summed E-state index contributed by atoms with van der Waals surface area (Å²) >= 11 is 5.85. The fourth-order valence-electron chi connectivity index (χ4n) is 4.21. The summed E-state index contributed by atoms with van der Waals surface area (Å²) in [6, 6.07) is 15.3. The fraction of sp³-hybridized carbons (Fsp3) is 0.0417. The maximum atomic E-state index is 14.5. The normalized spacial score (nSPS) is 12.3. The molecule has 0 N–H and O–H groups in total. The molecule has 0 radical (unpaired) electrons. The van der Waals surface area contributed by atoms with E-state index in [0.717, 1.165) is 6.07 Å². The highest BCUT2D eigenvalue weighted by molar-refractivity contribution is 6.31. The number of nitrogens with zero attached hydrogens (tertiary/aromatic N) is 5. The van der Waals surface area contributed by atoms with E-state index in [1.807, 2.05) is 0 Å². The molecule has 0 spiro atoms. The maximum absolute atomic E-state index is 14.5. The van der Waals surface area contributed by atoms with Gasteiger partial charge in [0.05, 0.1) is 33.3 Å². The van der Waals surface area contributed by atoms with E-state index in [-0.39, 0.29) is 11.5 Å². The summed E-state index contributed by atoms with van der Waals surface area (Å²) < 4.78 is 58.5. The van der Waals surface area contributed by atoms with Gasteiger partial charge in [-0.25, -0.2) is 4.39 Å². The Kier molecular flexibility index (Phi) is 4.40. The van der Waals surface area contributed by atoms with Crippen molar-refractivity contribution in [1.29, 1.82) is 0 Å². The van der Waals surface area contributed by atoms with Gasteiger partial charge in [0.25, 0.3) is 0 Å². The highest BCUT2D eigenvalue weighted by Crippen LogP contribution is 2.38. The van der Waals surface area contributed by atoms with Crippen molar-refractivity contribution in [2.75, 3.05) is 0 Å². The number of imidazole rings is 1. The molecule has 168 valence electrons. The fourth-order valence-corrected chi connectivity index (χ4v) is 4.43. The molecular formula is C24H12ClF4N5. The second-order valence-corrected chi connectivity index (χ2v) is 8.11. The van der Waals surface area contributed by atoms with Gasteiger partial charge in [0, 0.05) is 16.6 Å². The standard InChI is InChI=1S/C24H12ClF4N5/c25-18-7-6-14(10-17(18)24(27,28)29)34-22-16-9-13(15-3-1-2-4-19(15)26)5-8-20(16)30-11-21(22)33-12-31-32-23(33)34/h1-12H. The van der Waals surface area contributed by atoms with E-state index in [1.165, 1.54) is 24.5 Å². The van der Waals surface area contributed by atoms with Crippen LogP contribution in [-0.4, -0.2) is 24.1 Å². The lowest BCUT2D eigenvalue weighted by atomic mass is 10.0. The molecule has 3 heterocycles. The lowest BCUT2D eigenvalue weighted by Crippen LogP contribution is -2.07. The molecule has 34 heavy (non-hydrogen) atoms. The first-order chi connectivity index (χ1) is 16.3. The second kappa shape index (κ2) is 7.26. The van der Waals surface area contributed by atoms with E-state index in [0.29, 0.717) is 38.8 Å². The minimum atomic E-state index is -4.64. The van der Waals surface area contributed by atoms with Gasteiger partial charge in [-0.15, -0.1) is 10.2 Å². The van der Waals surface area contributed by atoms with E-state index in [9.17, 15) is 17.6 Å². The highest BCUT2D eigenvalue weighted by atomic mass is 35.5. The van der Waals surface area contributed by atoms with Crippen LogP contribution >= 0.6 is 11.6 Å². The molecule has 0 atom stereocenters. The van der Waals surface area contributed by atoms with Gasteiger partial charge >= 0.3 is 6.18 Å². The predicted octanol–water partition coefficient (Wildman–Crippen LogP) is 6.70. The van der Waals surface area contributed by atoms with Gasteiger partial charge < -0.3 is 0 Å². The minimum Gasteiger partial charge on any atom is -0.276 e. The minimum absolute atomic E-state index is 0.202. The third-order valence-corrected chi connectivity index (χ3v) is 6.06. The van der Waals surface area contributed by atoms with Crippen molar-refractivity contribution in [1.82, 2.24) is 24.1 Å². The molecule has 0 aliphatic rings. The molecular weight excluding hydrogens is 470 g/mol. The number of rotatable bonds is 2. The first-order valence-electron chi connectivity index (χ1n) is 10.1. The van der Waals surface area contributed by atoms with Crippen molar-refractivity contribution < 1.29 is 17.6 Å². The van der Waals surface area contributed by atoms with Crippen LogP contribution in [-0.2, 0) is 6.18 Å². The van der Waals surface area contributed by atoms with Crippen LogP contribution < -0.4 is 0 Å². The summed E-state index contributed by atoms with van der Waals surface area (Å²) in [4.78, 5) is 4.49. The smallest absolute Gasteiger partial charge is 0.276 e. The lowest BCUT2D eigenvalue weighted by Gasteiger charge is -2.13. The summed E-state index contributed by atoms with van der Waals surface area (Å²) in [5.74, 6) is -0.0834. The van der Waals surface area contributed by atoms with E-state index in [1.54, 1.807) is 51.6 Å². The molecule has 0 fully saturated rings. The average molecular weight is 482 g/mol. The summed E-state index contributed by atoms with van der Waals surface area (Å²) in [6.07, 6.45) is -1.57. The van der Waals surface area contributed by atoms with Crippen LogP contribution in [0, 0.1) is 5.82 Å². The molecule has 3 aromatic carbocycles. The monoisotopic (exact) mass is 481 g/mol. The van der Waals surface area contributed by atoms with Crippen molar-refractivity contribution in [2.45, 2.75) is 6.18 Å². The van der Waals surface area contributed by atoms with Crippen molar-refractivity contribution in [3.8, 4) is 16.8 Å². The van der Waals surface area contributed by atoms with Gasteiger partial charge in [-0.3, -0.25) is 14.0 Å². The molecule has 0 unspecified atom stereocenters. The lowest BCUT2D eigenvalue weighted by molar-refractivity contribution is -0.137. The van der Waals surface area contributed by atoms with Gasteiger partial charge in [0.1, 0.15) is 12.1 Å².